The molecule has 0 saturated heterocycles. The van der Waals surface area contributed by atoms with E-state index in [4.69, 9.17) is 10.9 Å². The summed E-state index contributed by atoms with van der Waals surface area (Å²) >= 11 is 0. The lowest BCUT2D eigenvalue weighted by atomic mass is 9.84. The van der Waals surface area contributed by atoms with Crippen molar-refractivity contribution in [3.63, 3.8) is 0 Å². The summed E-state index contributed by atoms with van der Waals surface area (Å²) < 4.78 is 0. The van der Waals surface area contributed by atoms with E-state index < -0.39 is 0 Å². The highest BCUT2D eigenvalue weighted by atomic mass is 16.4. The van der Waals surface area contributed by atoms with Crippen molar-refractivity contribution >= 4 is 5.84 Å². The topological polar surface area (TPSA) is 70.6 Å². The zero-order chi connectivity index (χ0) is 12.7. The van der Waals surface area contributed by atoms with Gasteiger partial charge in [0, 0.05) is 24.9 Å². The van der Waals surface area contributed by atoms with Gasteiger partial charge in [-0.25, -0.2) is 0 Å². The van der Waals surface area contributed by atoms with Gasteiger partial charge in [-0.05, 0) is 5.56 Å². The van der Waals surface area contributed by atoms with Crippen molar-refractivity contribution in [2.75, 3.05) is 13.1 Å². The minimum Gasteiger partial charge on any atom is -0.409 e. The van der Waals surface area contributed by atoms with E-state index in [2.05, 4.69) is 36.5 Å². The molecule has 1 aromatic carbocycles. The van der Waals surface area contributed by atoms with Gasteiger partial charge in [-0.1, -0.05) is 49.3 Å². The second-order valence-electron chi connectivity index (χ2n) is 4.77. The SMILES string of the molecule is CC(C)(CNCCC(N)=NO)c1ccccc1. The van der Waals surface area contributed by atoms with Crippen LogP contribution >= 0.6 is 0 Å². The molecule has 17 heavy (non-hydrogen) atoms. The molecule has 0 bridgehead atoms. The Labute approximate surface area is 103 Å². The summed E-state index contributed by atoms with van der Waals surface area (Å²) in [6.45, 7) is 5.96. The first-order valence-corrected chi connectivity index (χ1v) is 5.79. The van der Waals surface area contributed by atoms with Crippen LogP contribution in [0, 0.1) is 0 Å². The third kappa shape index (κ3) is 4.44. The Kier molecular flexibility index (Phi) is 4.97. The number of rotatable bonds is 6. The van der Waals surface area contributed by atoms with Crippen molar-refractivity contribution in [3.05, 3.63) is 35.9 Å². The Bertz CT molecular complexity index is 360. The van der Waals surface area contributed by atoms with Gasteiger partial charge >= 0.3 is 0 Å². The molecule has 0 fully saturated rings. The normalized spacial score (nSPS) is 12.7. The summed E-state index contributed by atoms with van der Waals surface area (Å²) in [4.78, 5) is 0. The summed E-state index contributed by atoms with van der Waals surface area (Å²) in [5.41, 5.74) is 6.77. The monoisotopic (exact) mass is 235 g/mol. The molecule has 0 aromatic heterocycles. The molecular weight excluding hydrogens is 214 g/mol. The molecule has 0 amide bonds. The largest absolute Gasteiger partial charge is 0.409 e. The van der Waals surface area contributed by atoms with Crippen LogP contribution in [0.3, 0.4) is 0 Å². The first-order chi connectivity index (χ1) is 8.06. The Morgan fingerprint density at radius 1 is 1.35 bits per heavy atom. The molecule has 1 aromatic rings. The minimum absolute atomic E-state index is 0.0758. The molecule has 0 atom stereocenters. The van der Waals surface area contributed by atoms with Crippen molar-refractivity contribution in [3.8, 4) is 0 Å². The number of benzene rings is 1. The molecule has 1 rings (SSSR count). The second kappa shape index (κ2) is 6.25. The predicted molar refractivity (Wildman–Crippen MR) is 70.4 cm³/mol. The average Bonchev–Trinajstić information content (AvgIpc) is 2.35. The Morgan fingerprint density at radius 3 is 2.59 bits per heavy atom. The van der Waals surface area contributed by atoms with Gasteiger partial charge in [-0.2, -0.15) is 0 Å². The van der Waals surface area contributed by atoms with Crippen LogP contribution in [-0.4, -0.2) is 24.1 Å². The van der Waals surface area contributed by atoms with Crippen molar-refractivity contribution in [1.29, 1.82) is 0 Å². The standard InChI is InChI=1S/C13H21N3O/c1-13(2,11-6-4-3-5-7-11)10-15-9-8-12(14)16-17/h3-7,15,17H,8-10H2,1-2H3,(H2,14,16). The van der Waals surface area contributed by atoms with Gasteiger partial charge in [0.1, 0.15) is 5.84 Å². The Morgan fingerprint density at radius 2 is 2.00 bits per heavy atom. The van der Waals surface area contributed by atoms with Crippen LogP contribution in [0.1, 0.15) is 25.8 Å². The lowest BCUT2D eigenvalue weighted by Crippen LogP contribution is -2.34. The zero-order valence-corrected chi connectivity index (χ0v) is 10.5. The van der Waals surface area contributed by atoms with Crippen molar-refractivity contribution in [2.24, 2.45) is 10.9 Å². The van der Waals surface area contributed by atoms with Gasteiger partial charge in [0.05, 0.1) is 0 Å². The molecule has 0 saturated carbocycles. The van der Waals surface area contributed by atoms with Crippen LogP contribution in [0.25, 0.3) is 0 Å². The Hall–Kier alpha value is -1.55. The number of hydrogen-bond donors (Lipinski definition) is 3. The van der Waals surface area contributed by atoms with E-state index in [1.165, 1.54) is 5.56 Å². The smallest absolute Gasteiger partial charge is 0.140 e. The quantitative estimate of drug-likeness (QED) is 0.231. The highest BCUT2D eigenvalue weighted by molar-refractivity contribution is 5.79. The summed E-state index contributed by atoms with van der Waals surface area (Å²) in [7, 11) is 0. The molecule has 0 unspecified atom stereocenters. The van der Waals surface area contributed by atoms with Gasteiger partial charge in [0.2, 0.25) is 0 Å². The second-order valence-corrected chi connectivity index (χ2v) is 4.77. The zero-order valence-electron chi connectivity index (χ0n) is 10.5. The maximum Gasteiger partial charge on any atom is 0.140 e. The summed E-state index contributed by atoms with van der Waals surface area (Å²) in [6, 6.07) is 10.4. The van der Waals surface area contributed by atoms with Crippen molar-refractivity contribution < 1.29 is 5.21 Å². The van der Waals surface area contributed by atoms with Crippen LogP contribution < -0.4 is 11.1 Å². The fourth-order valence-electron chi connectivity index (χ4n) is 1.66. The molecule has 94 valence electrons. The summed E-state index contributed by atoms with van der Waals surface area (Å²) in [5.74, 6) is 0.259. The fourth-order valence-corrected chi connectivity index (χ4v) is 1.66. The van der Waals surface area contributed by atoms with Crippen LogP contribution in [0.2, 0.25) is 0 Å². The van der Waals surface area contributed by atoms with Gasteiger partial charge in [-0.15, -0.1) is 0 Å². The molecule has 0 heterocycles. The van der Waals surface area contributed by atoms with E-state index in [9.17, 15) is 0 Å². The fraction of sp³-hybridized carbons (Fsp3) is 0.462. The first kappa shape index (κ1) is 13.5. The van der Waals surface area contributed by atoms with Crippen molar-refractivity contribution in [2.45, 2.75) is 25.7 Å². The van der Waals surface area contributed by atoms with E-state index in [-0.39, 0.29) is 11.3 Å². The van der Waals surface area contributed by atoms with Crippen molar-refractivity contribution in [1.82, 2.24) is 5.32 Å². The molecule has 0 aliphatic heterocycles. The number of oxime groups is 1. The highest BCUT2D eigenvalue weighted by Crippen LogP contribution is 2.21. The lowest BCUT2D eigenvalue weighted by molar-refractivity contribution is 0.316. The molecule has 0 aliphatic carbocycles. The van der Waals surface area contributed by atoms with E-state index >= 15 is 0 Å². The van der Waals surface area contributed by atoms with E-state index in [0.29, 0.717) is 13.0 Å². The summed E-state index contributed by atoms with van der Waals surface area (Å²) in [6.07, 6.45) is 0.557. The molecule has 4 N–H and O–H groups in total. The highest BCUT2D eigenvalue weighted by Gasteiger charge is 2.19. The van der Waals surface area contributed by atoms with Gasteiger partial charge in [-0.3, -0.25) is 0 Å². The first-order valence-electron chi connectivity index (χ1n) is 5.79. The van der Waals surface area contributed by atoms with Gasteiger partial charge in [0.25, 0.3) is 0 Å². The molecule has 0 spiro atoms. The predicted octanol–water partition coefficient (Wildman–Crippen LogP) is 1.69. The lowest BCUT2D eigenvalue weighted by Gasteiger charge is -2.25. The average molecular weight is 235 g/mol. The van der Waals surface area contributed by atoms with E-state index in [1.807, 2.05) is 18.2 Å². The van der Waals surface area contributed by atoms with E-state index in [1.54, 1.807) is 0 Å². The third-order valence-electron chi connectivity index (χ3n) is 2.81. The molecule has 0 aliphatic rings. The molecule has 4 nitrogen and oxygen atoms in total. The minimum atomic E-state index is 0.0758. The van der Waals surface area contributed by atoms with Crippen LogP contribution in [0.5, 0.6) is 0 Å². The van der Waals surface area contributed by atoms with Crippen LogP contribution in [0.4, 0.5) is 0 Å². The number of amidine groups is 1. The van der Waals surface area contributed by atoms with Crippen LogP contribution in [-0.2, 0) is 5.41 Å². The third-order valence-corrected chi connectivity index (χ3v) is 2.81. The van der Waals surface area contributed by atoms with E-state index in [0.717, 1.165) is 6.54 Å². The summed E-state index contributed by atoms with van der Waals surface area (Å²) in [5, 5.41) is 14.7. The number of hydrogen-bond acceptors (Lipinski definition) is 3. The molecule has 0 radical (unpaired) electrons. The van der Waals surface area contributed by atoms with Gasteiger partial charge in [0.15, 0.2) is 0 Å². The number of nitrogens with two attached hydrogens (primary N) is 1. The van der Waals surface area contributed by atoms with Gasteiger partial charge < -0.3 is 16.3 Å². The maximum absolute atomic E-state index is 8.41. The Balaban J connectivity index is 2.40. The maximum atomic E-state index is 8.41. The molecule has 4 heteroatoms. The molecular formula is C13H21N3O. The number of nitrogens with zero attached hydrogens (tertiary/aromatic N) is 1. The number of nitrogens with one attached hydrogen (secondary N) is 1. The van der Waals surface area contributed by atoms with Crippen LogP contribution in [0.15, 0.2) is 35.5 Å².